The number of allylic oxidation sites excluding steroid dienone is 1. The number of carbonyl (C=O) groups is 1. The molecule has 23 heavy (non-hydrogen) atoms. The SMILES string of the molecule is COc1cc(/C=C/CCC(=O)O)ccc1O[Si](C)(C)C(C)(C)C. The van der Waals surface area contributed by atoms with Gasteiger partial charge in [0.15, 0.2) is 5.75 Å². The molecule has 1 aromatic carbocycles. The van der Waals surface area contributed by atoms with E-state index >= 15 is 0 Å². The summed E-state index contributed by atoms with van der Waals surface area (Å²) < 4.78 is 11.8. The van der Waals surface area contributed by atoms with Crippen LogP contribution in [0.25, 0.3) is 6.08 Å². The van der Waals surface area contributed by atoms with E-state index in [0.29, 0.717) is 12.2 Å². The van der Waals surface area contributed by atoms with Gasteiger partial charge in [0.05, 0.1) is 7.11 Å². The Morgan fingerprint density at radius 3 is 2.43 bits per heavy atom. The predicted molar refractivity (Wildman–Crippen MR) is 96.7 cm³/mol. The smallest absolute Gasteiger partial charge is 0.303 e. The largest absolute Gasteiger partial charge is 0.541 e. The van der Waals surface area contributed by atoms with E-state index in [9.17, 15) is 4.79 Å². The fourth-order valence-corrected chi connectivity index (χ4v) is 2.75. The summed E-state index contributed by atoms with van der Waals surface area (Å²) in [4.78, 5) is 10.5. The van der Waals surface area contributed by atoms with E-state index in [1.165, 1.54) is 0 Å². The highest BCUT2D eigenvalue weighted by molar-refractivity contribution is 6.74. The number of benzene rings is 1. The lowest BCUT2D eigenvalue weighted by Crippen LogP contribution is -2.43. The minimum Gasteiger partial charge on any atom is -0.541 e. The van der Waals surface area contributed by atoms with Gasteiger partial charge in [-0.25, -0.2) is 0 Å². The molecule has 0 amide bonds. The Hall–Kier alpha value is -1.75. The summed E-state index contributed by atoms with van der Waals surface area (Å²) in [6, 6.07) is 5.80. The van der Waals surface area contributed by atoms with Gasteiger partial charge in [-0.2, -0.15) is 0 Å². The summed E-state index contributed by atoms with van der Waals surface area (Å²) in [5.74, 6) is 0.683. The highest BCUT2D eigenvalue weighted by atomic mass is 28.4. The summed E-state index contributed by atoms with van der Waals surface area (Å²) in [6.45, 7) is 11.0. The normalized spacial score (nSPS) is 12.4. The van der Waals surface area contributed by atoms with Crippen molar-refractivity contribution in [3.63, 3.8) is 0 Å². The molecule has 0 aliphatic heterocycles. The van der Waals surface area contributed by atoms with Crippen molar-refractivity contribution in [3.8, 4) is 11.5 Å². The maximum absolute atomic E-state index is 10.5. The van der Waals surface area contributed by atoms with Crippen molar-refractivity contribution in [2.75, 3.05) is 7.11 Å². The predicted octanol–water partition coefficient (Wildman–Crippen LogP) is 4.96. The molecular weight excluding hydrogens is 308 g/mol. The van der Waals surface area contributed by atoms with Gasteiger partial charge in [0.2, 0.25) is 0 Å². The van der Waals surface area contributed by atoms with E-state index in [2.05, 4.69) is 33.9 Å². The number of ether oxygens (including phenoxy) is 1. The van der Waals surface area contributed by atoms with Gasteiger partial charge >= 0.3 is 5.97 Å². The molecule has 0 saturated heterocycles. The van der Waals surface area contributed by atoms with Gasteiger partial charge in [0, 0.05) is 6.42 Å². The molecular formula is C18H28O4Si. The van der Waals surface area contributed by atoms with Gasteiger partial charge in [0.1, 0.15) is 5.75 Å². The Morgan fingerprint density at radius 1 is 1.26 bits per heavy atom. The molecule has 0 aliphatic carbocycles. The van der Waals surface area contributed by atoms with Crippen LogP contribution in [-0.2, 0) is 4.79 Å². The monoisotopic (exact) mass is 336 g/mol. The van der Waals surface area contributed by atoms with E-state index in [1.807, 2.05) is 30.4 Å². The number of methoxy groups -OCH3 is 1. The second-order valence-corrected chi connectivity index (χ2v) is 11.8. The summed E-state index contributed by atoms with van der Waals surface area (Å²) in [7, 11) is -0.287. The molecule has 1 aromatic rings. The first kappa shape index (κ1) is 19.3. The van der Waals surface area contributed by atoms with Crippen LogP contribution in [0.2, 0.25) is 18.1 Å². The molecule has 1 N–H and O–H groups in total. The highest BCUT2D eigenvalue weighted by Crippen LogP contribution is 2.40. The van der Waals surface area contributed by atoms with Gasteiger partial charge in [-0.3, -0.25) is 4.79 Å². The number of rotatable bonds is 7. The first-order valence-corrected chi connectivity index (χ1v) is 10.7. The minimum absolute atomic E-state index is 0.118. The van der Waals surface area contributed by atoms with E-state index in [0.717, 1.165) is 11.3 Å². The number of hydrogen-bond donors (Lipinski definition) is 1. The molecule has 0 atom stereocenters. The van der Waals surface area contributed by atoms with Crippen molar-refractivity contribution < 1.29 is 19.1 Å². The van der Waals surface area contributed by atoms with E-state index in [4.69, 9.17) is 14.3 Å². The average Bonchev–Trinajstić information content (AvgIpc) is 2.43. The fourth-order valence-electron chi connectivity index (χ4n) is 1.73. The van der Waals surface area contributed by atoms with Crippen LogP contribution in [0.4, 0.5) is 0 Å². The summed E-state index contributed by atoms with van der Waals surface area (Å²) >= 11 is 0. The van der Waals surface area contributed by atoms with Crippen LogP contribution in [0.5, 0.6) is 11.5 Å². The Bertz CT molecular complexity index is 571. The molecule has 0 unspecified atom stereocenters. The van der Waals surface area contributed by atoms with Crippen LogP contribution in [-0.4, -0.2) is 26.5 Å². The molecule has 1 rings (SSSR count). The van der Waals surface area contributed by atoms with Crippen LogP contribution >= 0.6 is 0 Å². The molecule has 0 fully saturated rings. The van der Waals surface area contributed by atoms with Crippen LogP contribution in [0.3, 0.4) is 0 Å². The second-order valence-electron chi connectivity index (χ2n) is 7.11. The molecule has 0 aliphatic rings. The van der Waals surface area contributed by atoms with Crippen molar-refractivity contribution in [1.29, 1.82) is 0 Å². The molecule has 0 spiro atoms. The molecule has 128 valence electrons. The van der Waals surface area contributed by atoms with Crippen molar-refractivity contribution in [2.45, 2.75) is 51.7 Å². The van der Waals surface area contributed by atoms with E-state index in [-0.39, 0.29) is 11.5 Å². The Labute approximate surface area is 140 Å². The standard InChI is InChI=1S/C18H28O4Si/c1-18(2,3)23(5,6)22-15-12-11-14(13-16(15)21-4)9-7-8-10-17(19)20/h7,9,11-13H,8,10H2,1-6H3,(H,19,20)/b9-7+. The lowest BCUT2D eigenvalue weighted by atomic mass is 10.1. The zero-order chi connectivity index (χ0) is 17.7. The lowest BCUT2D eigenvalue weighted by molar-refractivity contribution is -0.136. The van der Waals surface area contributed by atoms with Gasteiger partial charge in [0.25, 0.3) is 8.32 Å². The van der Waals surface area contributed by atoms with Crippen molar-refractivity contribution in [3.05, 3.63) is 29.8 Å². The van der Waals surface area contributed by atoms with Crippen LogP contribution < -0.4 is 9.16 Å². The first-order valence-electron chi connectivity index (χ1n) is 7.82. The maximum atomic E-state index is 10.5. The van der Waals surface area contributed by atoms with Gasteiger partial charge in [-0.15, -0.1) is 0 Å². The summed E-state index contributed by atoms with van der Waals surface area (Å²) in [5.41, 5.74) is 0.967. The third kappa shape index (κ3) is 5.75. The van der Waals surface area contributed by atoms with Gasteiger partial charge < -0.3 is 14.3 Å². The molecule has 5 heteroatoms. The third-order valence-corrected chi connectivity index (χ3v) is 8.54. The number of carboxylic acid groups (broad SMARTS) is 1. The van der Waals surface area contributed by atoms with Crippen LogP contribution in [0, 0.1) is 0 Å². The van der Waals surface area contributed by atoms with E-state index in [1.54, 1.807) is 7.11 Å². The topological polar surface area (TPSA) is 55.8 Å². The second kappa shape index (κ2) is 7.68. The summed E-state index contributed by atoms with van der Waals surface area (Å²) in [5, 5.41) is 8.75. The first-order chi connectivity index (χ1) is 10.6. The zero-order valence-corrected chi connectivity index (χ0v) is 16.0. The Morgan fingerprint density at radius 2 is 1.91 bits per heavy atom. The maximum Gasteiger partial charge on any atom is 0.303 e. The fraction of sp³-hybridized carbons (Fsp3) is 0.500. The number of carboxylic acids is 1. The van der Waals surface area contributed by atoms with Gasteiger partial charge in [-0.1, -0.05) is 39.0 Å². The zero-order valence-electron chi connectivity index (χ0n) is 15.0. The van der Waals surface area contributed by atoms with Crippen LogP contribution in [0.15, 0.2) is 24.3 Å². The Balaban J connectivity index is 2.91. The summed E-state index contributed by atoms with van der Waals surface area (Å²) in [6.07, 6.45) is 4.42. The Kier molecular flexibility index (Phi) is 6.44. The van der Waals surface area contributed by atoms with Crippen molar-refractivity contribution >= 4 is 20.4 Å². The van der Waals surface area contributed by atoms with E-state index < -0.39 is 14.3 Å². The van der Waals surface area contributed by atoms with Crippen LogP contribution in [0.1, 0.15) is 39.2 Å². The minimum atomic E-state index is -1.92. The quantitative estimate of drug-likeness (QED) is 0.715. The molecule has 0 radical (unpaired) electrons. The molecule has 0 saturated carbocycles. The molecule has 0 heterocycles. The van der Waals surface area contributed by atoms with Gasteiger partial charge in [-0.05, 0) is 42.2 Å². The molecule has 4 nitrogen and oxygen atoms in total. The molecule has 0 bridgehead atoms. The van der Waals surface area contributed by atoms with Crippen molar-refractivity contribution in [1.82, 2.24) is 0 Å². The highest BCUT2D eigenvalue weighted by Gasteiger charge is 2.39. The third-order valence-electron chi connectivity index (χ3n) is 4.19. The average molecular weight is 337 g/mol. The molecule has 0 aromatic heterocycles. The number of hydrogen-bond acceptors (Lipinski definition) is 3. The van der Waals surface area contributed by atoms with Crippen molar-refractivity contribution in [2.24, 2.45) is 0 Å². The number of aliphatic carboxylic acids is 1. The lowest BCUT2D eigenvalue weighted by Gasteiger charge is -2.36.